The number of alkyl halides is 3. The van der Waals surface area contributed by atoms with Gasteiger partial charge in [-0.25, -0.2) is 0 Å². The van der Waals surface area contributed by atoms with Crippen LogP contribution in [0.2, 0.25) is 0 Å². The normalized spacial score (nSPS) is 14.3. The van der Waals surface area contributed by atoms with Crippen molar-refractivity contribution in [1.29, 1.82) is 0 Å². The molecule has 0 aliphatic rings. The predicted molar refractivity (Wildman–Crippen MR) is 70.6 cm³/mol. The average molecular weight is 373 g/mol. The summed E-state index contributed by atoms with van der Waals surface area (Å²) in [6.45, 7) is -0.487. The summed E-state index contributed by atoms with van der Waals surface area (Å²) >= 11 is 2.05. The van der Waals surface area contributed by atoms with Crippen LogP contribution >= 0.6 is 22.6 Å². The fourth-order valence-electron chi connectivity index (χ4n) is 1.28. The molecule has 0 saturated heterocycles. The fourth-order valence-corrected chi connectivity index (χ4v) is 1.82. The second-order valence-corrected chi connectivity index (χ2v) is 4.76. The molecule has 0 aliphatic carbocycles. The lowest BCUT2D eigenvalue weighted by atomic mass is 10.1. The number of hydrogen-bond donors (Lipinski definition) is 3. The van der Waals surface area contributed by atoms with Crippen molar-refractivity contribution in [2.75, 3.05) is 11.9 Å². The van der Waals surface area contributed by atoms with Crippen molar-refractivity contribution in [1.82, 2.24) is 0 Å². The van der Waals surface area contributed by atoms with Crippen LogP contribution in [0.15, 0.2) is 29.4 Å². The maximum atomic E-state index is 12.6. The minimum atomic E-state index is -4.56. The molecule has 0 fully saturated rings. The summed E-state index contributed by atoms with van der Waals surface area (Å²) in [6, 6.07) is 6.87. The molecule has 0 aromatic heterocycles. The Bertz CT molecular complexity index is 437. The molecule has 1 atom stereocenters. The summed E-state index contributed by atoms with van der Waals surface area (Å²) in [5.41, 5.74) is 5.58. The van der Waals surface area contributed by atoms with Crippen LogP contribution in [0.25, 0.3) is 0 Å². The van der Waals surface area contributed by atoms with Gasteiger partial charge in [-0.15, -0.1) is 0 Å². The molecule has 4 N–H and O–H groups in total. The Morgan fingerprint density at radius 1 is 1.50 bits per heavy atom. The Kier molecular flexibility index (Phi) is 5.05. The third-order valence-electron chi connectivity index (χ3n) is 2.20. The standard InChI is InChI=1S/C10H11F3IN3O/c11-10(12,13)8(9(15)17-18)5-16-7-3-1-2-6(14)4-7/h1-4,8,16,18H,5H2,(H2,15,17). The quantitative estimate of drug-likeness (QED) is 0.250. The number of nitrogens with two attached hydrogens (primary N) is 1. The zero-order valence-electron chi connectivity index (χ0n) is 9.08. The number of rotatable bonds is 4. The highest BCUT2D eigenvalue weighted by Gasteiger charge is 2.42. The molecule has 0 radical (unpaired) electrons. The van der Waals surface area contributed by atoms with E-state index in [0.29, 0.717) is 5.69 Å². The van der Waals surface area contributed by atoms with E-state index in [1.807, 2.05) is 28.7 Å². The first-order chi connectivity index (χ1) is 8.34. The lowest BCUT2D eigenvalue weighted by molar-refractivity contribution is -0.152. The van der Waals surface area contributed by atoms with Gasteiger partial charge in [0.05, 0.1) is 0 Å². The molecule has 1 unspecified atom stereocenters. The lowest BCUT2D eigenvalue weighted by Crippen LogP contribution is -2.40. The first-order valence-corrected chi connectivity index (χ1v) is 5.96. The lowest BCUT2D eigenvalue weighted by Gasteiger charge is -2.19. The van der Waals surface area contributed by atoms with Gasteiger partial charge in [0.25, 0.3) is 0 Å². The van der Waals surface area contributed by atoms with Crippen LogP contribution in [0.4, 0.5) is 18.9 Å². The number of anilines is 1. The second-order valence-electron chi connectivity index (χ2n) is 3.51. The molecule has 1 aromatic carbocycles. The summed E-state index contributed by atoms with van der Waals surface area (Å²) in [5, 5.41) is 13.4. The van der Waals surface area contributed by atoms with Crippen molar-refractivity contribution in [3.8, 4) is 0 Å². The van der Waals surface area contributed by atoms with Crippen molar-refractivity contribution >= 4 is 34.1 Å². The van der Waals surface area contributed by atoms with Crippen LogP contribution in [0.1, 0.15) is 0 Å². The van der Waals surface area contributed by atoms with Crippen LogP contribution in [0, 0.1) is 9.49 Å². The van der Waals surface area contributed by atoms with Crippen LogP contribution in [0.3, 0.4) is 0 Å². The number of hydrogen-bond acceptors (Lipinski definition) is 3. The molecule has 1 rings (SSSR count). The van der Waals surface area contributed by atoms with Crippen molar-refractivity contribution in [3.05, 3.63) is 27.8 Å². The van der Waals surface area contributed by atoms with E-state index >= 15 is 0 Å². The van der Waals surface area contributed by atoms with Crippen LogP contribution in [-0.4, -0.2) is 23.8 Å². The smallest absolute Gasteiger partial charge is 0.400 e. The van der Waals surface area contributed by atoms with Gasteiger partial charge < -0.3 is 16.3 Å². The van der Waals surface area contributed by atoms with Gasteiger partial charge in [0.1, 0.15) is 5.92 Å². The Morgan fingerprint density at radius 2 is 2.17 bits per heavy atom. The zero-order chi connectivity index (χ0) is 13.8. The maximum Gasteiger partial charge on any atom is 0.400 e. The van der Waals surface area contributed by atoms with Crippen LogP contribution < -0.4 is 11.1 Å². The second kappa shape index (κ2) is 6.12. The third-order valence-corrected chi connectivity index (χ3v) is 2.87. The van der Waals surface area contributed by atoms with Crippen molar-refractivity contribution in [3.63, 3.8) is 0 Å². The minimum Gasteiger partial charge on any atom is -0.409 e. The molecule has 0 saturated carbocycles. The summed E-state index contributed by atoms with van der Waals surface area (Å²) in [7, 11) is 0. The minimum absolute atomic E-state index is 0.487. The summed E-state index contributed by atoms with van der Waals surface area (Å²) in [4.78, 5) is 0. The van der Waals surface area contributed by atoms with Crippen molar-refractivity contribution in [2.45, 2.75) is 6.18 Å². The number of amidine groups is 1. The number of benzene rings is 1. The molecule has 0 amide bonds. The predicted octanol–water partition coefficient (Wildman–Crippen LogP) is 2.63. The van der Waals surface area contributed by atoms with E-state index in [-0.39, 0.29) is 0 Å². The Morgan fingerprint density at radius 3 is 2.67 bits per heavy atom. The molecule has 0 heterocycles. The first-order valence-electron chi connectivity index (χ1n) is 4.88. The number of nitrogens with zero attached hydrogens (tertiary/aromatic N) is 1. The van der Waals surface area contributed by atoms with Gasteiger partial charge in [-0.3, -0.25) is 0 Å². The van der Waals surface area contributed by atoms with E-state index in [4.69, 9.17) is 10.9 Å². The Hall–Kier alpha value is -1.19. The molecular formula is C10H11F3IN3O. The number of halogens is 4. The molecule has 8 heteroatoms. The van der Waals surface area contributed by atoms with Crippen molar-refractivity contribution < 1.29 is 18.4 Å². The van der Waals surface area contributed by atoms with Gasteiger partial charge in [0.2, 0.25) is 0 Å². The topological polar surface area (TPSA) is 70.6 Å². The van der Waals surface area contributed by atoms with Crippen LogP contribution in [0.5, 0.6) is 0 Å². The van der Waals surface area contributed by atoms with Gasteiger partial charge in [-0.2, -0.15) is 13.2 Å². The van der Waals surface area contributed by atoms with Crippen LogP contribution in [-0.2, 0) is 0 Å². The molecule has 0 spiro atoms. The monoisotopic (exact) mass is 373 g/mol. The number of oxime groups is 1. The van der Waals surface area contributed by atoms with Gasteiger partial charge in [-0.05, 0) is 40.8 Å². The number of nitrogens with one attached hydrogen (secondary N) is 1. The van der Waals surface area contributed by atoms with E-state index < -0.39 is 24.5 Å². The van der Waals surface area contributed by atoms with E-state index in [1.54, 1.807) is 18.2 Å². The molecule has 18 heavy (non-hydrogen) atoms. The summed E-state index contributed by atoms with van der Waals surface area (Å²) in [5.74, 6) is -2.89. The molecule has 4 nitrogen and oxygen atoms in total. The summed E-state index contributed by atoms with van der Waals surface area (Å²) < 4.78 is 38.8. The third kappa shape index (κ3) is 4.24. The maximum absolute atomic E-state index is 12.6. The van der Waals surface area contributed by atoms with Gasteiger partial charge >= 0.3 is 6.18 Å². The fraction of sp³-hybridized carbons (Fsp3) is 0.300. The molecule has 0 bridgehead atoms. The van der Waals surface area contributed by atoms with E-state index in [1.165, 1.54) is 0 Å². The highest BCUT2D eigenvalue weighted by Crippen LogP contribution is 2.27. The van der Waals surface area contributed by atoms with Gasteiger partial charge in [-0.1, -0.05) is 11.2 Å². The van der Waals surface area contributed by atoms with Crippen molar-refractivity contribution in [2.24, 2.45) is 16.8 Å². The molecule has 100 valence electrons. The average Bonchev–Trinajstić information content (AvgIpc) is 2.27. The zero-order valence-corrected chi connectivity index (χ0v) is 11.2. The highest BCUT2D eigenvalue weighted by molar-refractivity contribution is 14.1. The summed E-state index contributed by atoms with van der Waals surface area (Å²) in [6.07, 6.45) is -4.56. The van der Waals surface area contributed by atoms with E-state index in [0.717, 1.165) is 3.57 Å². The Labute approximate surface area is 115 Å². The Balaban J connectivity index is 2.75. The van der Waals surface area contributed by atoms with Gasteiger partial charge in [0, 0.05) is 15.8 Å². The SMILES string of the molecule is N/C(=N/O)C(CNc1cccc(I)c1)C(F)(F)F. The van der Waals surface area contributed by atoms with E-state index in [9.17, 15) is 13.2 Å². The van der Waals surface area contributed by atoms with E-state index in [2.05, 4.69) is 10.5 Å². The highest BCUT2D eigenvalue weighted by atomic mass is 127. The molecule has 0 aliphatic heterocycles. The molecular weight excluding hydrogens is 362 g/mol. The molecule has 1 aromatic rings. The first kappa shape index (κ1) is 14.9. The largest absolute Gasteiger partial charge is 0.409 e. The van der Waals surface area contributed by atoms with Gasteiger partial charge in [0.15, 0.2) is 5.84 Å².